The highest BCUT2D eigenvalue weighted by atomic mass is 35.5. The Kier molecular flexibility index (Phi) is 3.40. The molecule has 3 heterocycles. The van der Waals surface area contributed by atoms with Gasteiger partial charge in [0.2, 0.25) is 0 Å². The molecule has 6 heteroatoms. The average molecular weight is 349 g/mol. The van der Waals surface area contributed by atoms with E-state index >= 15 is 0 Å². The highest BCUT2D eigenvalue weighted by molar-refractivity contribution is 7.99. The monoisotopic (exact) mass is 348 g/mol. The standard InChI is InChI=1S/C16H10Cl2N2OS/c17-9-6-10(18)8-11(7-9)20-15-12(2-1-4-19-15)14-13(16(20)21)3-5-22-14/h1-2,4,6-8H,3,5H2. The smallest absolute Gasteiger partial charge is 0.261 e. The van der Waals surface area contributed by atoms with Crippen LogP contribution in [0.5, 0.6) is 0 Å². The van der Waals surface area contributed by atoms with Gasteiger partial charge in [-0.15, -0.1) is 11.8 Å². The summed E-state index contributed by atoms with van der Waals surface area (Å²) in [5.41, 5.74) is 2.09. The van der Waals surface area contributed by atoms with Crippen molar-refractivity contribution >= 4 is 46.0 Å². The first kappa shape index (κ1) is 14.1. The number of nitrogens with zero attached hydrogens (tertiary/aromatic N) is 2. The molecule has 0 spiro atoms. The molecule has 0 aliphatic carbocycles. The summed E-state index contributed by atoms with van der Waals surface area (Å²) in [4.78, 5) is 18.4. The minimum atomic E-state index is -0.0375. The van der Waals surface area contributed by atoms with Crippen molar-refractivity contribution < 1.29 is 0 Å². The van der Waals surface area contributed by atoms with E-state index in [-0.39, 0.29) is 5.56 Å². The number of thioether (sulfide) groups is 1. The summed E-state index contributed by atoms with van der Waals surface area (Å²) in [5.74, 6) is 0.925. The van der Waals surface area contributed by atoms with Gasteiger partial charge in [-0.25, -0.2) is 4.98 Å². The van der Waals surface area contributed by atoms with Crippen LogP contribution in [-0.2, 0) is 6.42 Å². The molecule has 2 aromatic heterocycles. The van der Waals surface area contributed by atoms with Gasteiger partial charge in [-0.3, -0.25) is 9.36 Å². The van der Waals surface area contributed by atoms with Crippen molar-refractivity contribution in [3.05, 3.63) is 62.5 Å². The van der Waals surface area contributed by atoms with Crippen molar-refractivity contribution in [1.82, 2.24) is 9.55 Å². The summed E-state index contributed by atoms with van der Waals surface area (Å²) in [6.07, 6.45) is 2.47. The summed E-state index contributed by atoms with van der Waals surface area (Å²) in [5, 5.41) is 1.98. The van der Waals surface area contributed by atoms with Crippen LogP contribution in [0.15, 0.2) is 46.2 Å². The Morgan fingerprint density at radius 1 is 1.18 bits per heavy atom. The molecular weight excluding hydrogens is 339 g/mol. The Labute approximate surface area is 140 Å². The maximum Gasteiger partial charge on any atom is 0.261 e. The third-order valence-electron chi connectivity index (χ3n) is 3.68. The summed E-state index contributed by atoms with van der Waals surface area (Å²) in [6, 6.07) is 9.01. The predicted octanol–water partition coefficient (Wildman–Crippen LogP) is 4.34. The molecule has 0 saturated heterocycles. The molecule has 0 saturated carbocycles. The molecule has 110 valence electrons. The topological polar surface area (TPSA) is 34.9 Å². The lowest BCUT2D eigenvalue weighted by atomic mass is 10.1. The van der Waals surface area contributed by atoms with Crippen LogP contribution in [0.4, 0.5) is 0 Å². The van der Waals surface area contributed by atoms with E-state index in [9.17, 15) is 4.79 Å². The van der Waals surface area contributed by atoms with Crippen LogP contribution in [0.1, 0.15) is 5.56 Å². The van der Waals surface area contributed by atoms with Crippen molar-refractivity contribution in [2.24, 2.45) is 0 Å². The van der Waals surface area contributed by atoms with Crippen LogP contribution in [0.3, 0.4) is 0 Å². The van der Waals surface area contributed by atoms with E-state index in [1.54, 1.807) is 40.7 Å². The molecule has 4 rings (SSSR count). The van der Waals surface area contributed by atoms with Crippen LogP contribution in [0.2, 0.25) is 10.0 Å². The molecule has 3 aromatic rings. The lowest BCUT2D eigenvalue weighted by Crippen LogP contribution is -2.23. The van der Waals surface area contributed by atoms with Crippen molar-refractivity contribution in [2.75, 3.05) is 5.75 Å². The number of halogens is 2. The Bertz CT molecular complexity index is 948. The van der Waals surface area contributed by atoms with E-state index in [1.807, 2.05) is 12.1 Å². The summed E-state index contributed by atoms with van der Waals surface area (Å²) in [7, 11) is 0. The van der Waals surface area contributed by atoms with E-state index in [1.165, 1.54) is 0 Å². The number of fused-ring (bicyclic) bond motifs is 3. The van der Waals surface area contributed by atoms with Gasteiger partial charge in [0.15, 0.2) is 0 Å². The van der Waals surface area contributed by atoms with Gasteiger partial charge >= 0.3 is 0 Å². The second-order valence-corrected chi connectivity index (χ2v) is 7.03. The largest absolute Gasteiger partial charge is 0.269 e. The van der Waals surface area contributed by atoms with Crippen LogP contribution in [-0.4, -0.2) is 15.3 Å². The highest BCUT2D eigenvalue weighted by Gasteiger charge is 2.22. The van der Waals surface area contributed by atoms with Gasteiger partial charge < -0.3 is 0 Å². The number of hydrogen-bond donors (Lipinski definition) is 0. The summed E-state index contributed by atoms with van der Waals surface area (Å²) in [6.45, 7) is 0. The average Bonchev–Trinajstić information content (AvgIpc) is 2.96. The van der Waals surface area contributed by atoms with Crippen molar-refractivity contribution in [3.63, 3.8) is 0 Å². The number of benzene rings is 1. The third kappa shape index (κ3) is 2.14. The number of pyridine rings is 2. The molecule has 0 fully saturated rings. The van der Waals surface area contributed by atoms with Gasteiger partial charge in [-0.2, -0.15) is 0 Å². The van der Waals surface area contributed by atoms with Gasteiger partial charge in [-0.05, 0) is 36.8 Å². The lowest BCUT2D eigenvalue weighted by molar-refractivity contribution is 0.953. The van der Waals surface area contributed by atoms with Gasteiger partial charge in [0.1, 0.15) is 5.65 Å². The van der Waals surface area contributed by atoms with Crippen LogP contribution in [0, 0.1) is 0 Å². The van der Waals surface area contributed by atoms with Crippen molar-refractivity contribution in [1.29, 1.82) is 0 Å². The Morgan fingerprint density at radius 3 is 2.73 bits per heavy atom. The molecule has 22 heavy (non-hydrogen) atoms. The molecule has 1 aromatic carbocycles. The molecule has 3 nitrogen and oxygen atoms in total. The maximum absolute atomic E-state index is 12.9. The molecule has 1 aliphatic heterocycles. The van der Waals surface area contributed by atoms with Crippen molar-refractivity contribution in [3.8, 4) is 5.69 Å². The molecule has 0 amide bonds. The molecule has 0 bridgehead atoms. The first-order valence-electron chi connectivity index (χ1n) is 6.77. The molecule has 0 atom stereocenters. The molecule has 0 unspecified atom stereocenters. The van der Waals surface area contributed by atoms with Crippen molar-refractivity contribution in [2.45, 2.75) is 11.3 Å². The van der Waals surface area contributed by atoms with Crippen LogP contribution < -0.4 is 5.56 Å². The van der Waals surface area contributed by atoms with Gasteiger partial charge in [0.25, 0.3) is 5.56 Å². The fourth-order valence-corrected chi connectivity index (χ4v) is 4.49. The highest BCUT2D eigenvalue weighted by Crippen LogP contribution is 2.35. The summed E-state index contributed by atoms with van der Waals surface area (Å²) < 4.78 is 1.61. The van der Waals surface area contributed by atoms with Gasteiger partial charge in [0.05, 0.1) is 5.69 Å². The van der Waals surface area contributed by atoms with Gasteiger partial charge in [0, 0.05) is 37.8 Å². The number of hydrogen-bond acceptors (Lipinski definition) is 3. The lowest BCUT2D eigenvalue weighted by Gasteiger charge is -2.13. The first-order valence-corrected chi connectivity index (χ1v) is 8.51. The van der Waals surface area contributed by atoms with Gasteiger partial charge in [-0.1, -0.05) is 23.2 Å². The zero-order chi connectivity index (χ0) is 15.3. The molecule has 0 N–H and O–H groups in total. The fraction of sp³-hybridized carbons (Fsp3) is 0.125. The molecule has 0 radical (unpaired) electrons. The van der Waals surface area contributed by atoms with E-state index in [2.05, 4.69) is 4.98 Å². The SMILES string of the molecule is O=c1c2c(c3cccnc3n1-c1cc(Cl)cc(Cl)c1)SCC2. The third-order valence-corrected chi connectivity index (χ3v) is 5.28. The summed E-state index contributed by atoms with van der Waals surface area (Å²) >= 11 is 13.9. The molecular formula is C16H10Cl2N2OS. The second-order valence-electron chi connectivity index (χ2n) is 5.05. The molecule has 1 aliphatic rings. The minimum Gasteiger partial charge on any atom is -0.269 e. The Morgan fingerprint density at radius 2 is 1.95 bits per heavy atom. The maximum atomic E-state index is 12.9. The first-order chi connectivity index (χ1) is 10.6. The predicted molar refractivity (Wildman–Crippen MR) is 91.8 cm³/mol. The Hall–Kier alpha value is -1.49. The van der Waals surface area contributed by atoms with E-state index < -0.39 is 0 Å². The Balaban J connectivity index is 2.16. The number of rotatable bonds is 1. The quantitative estimate of drug-likeness (QED) is 0.656. The zero-order valence-corrected chi connectivity index (χ0v) is 13.7. The van der Waals surface area contributed by atoms with E-state index in [0.29, 0.717) is 21.4 Å². The zero-order valence-electron chi connectivity index (χ0n) is 11.3. The normalized spacial score (nSPS) is 13.5. The number of aromatic nitrogens is 2. The fourth-order valence-electron chi connectivity index (χ4n) is 2.79. The van der Waals surface area contributed by atoms with Crippen LogP contribution >= 0.6 is 35.0 Å². The van der Waals surface area contributed by atoms with E-state index in [4.69, 9.17) is 23.2 Å². The van der Waals surface area contributed by atoms with E-state index in [0.717, 1.165) is 28.0 Å². The van der Waals surface area contributed by atoms with Crippen LogP contribution in [0.25, 0.3) is 16.7 Å². The second kappa shape index (κ2) is 5.30. The minimum absolute atomic E-state index is 0.0375.